The zero-order valence-electron chi connectivity index (χ0n) is 11.4. The highest BCUT2D eigenvalue weighted by Gasteiger charge is 2.06. The van der Waals surface area contributed by atoms with Crippen LogP contribution in [0, 0.1) is 5.92 Å². The van der Waals surface area contributed by atoms with E-state index in [1.165, 1.54) is 11.5 Å². The van der Waals surface area contributed by atoms with E-state index in [4.69, 9.17) is 0 Å². The summed E-state index contributed by atoms with van der Waals surface area (Å²) in [6.45, 7) is 5.01. The van der Waals surface area contributed by atoms with Crippen LogP contribution in [0.3, 0.4) is 0 Å². The van der Waals surface area contributed by atoms with Gasteiger partial charge in [0.2, 0.25) is 10.9 Å². The fourth-order valence-electron chi connectivity index (χ4n) is 1.90. The predicted molar refractivity (Wildman–Crippen MR) is 78.8 cm³/mol. The Balaban J connectivity index is 1.64. The van der Waals surface area contributed by atoms with Crippen molar-refractivity contribution in [1.82, 2.24) is 23.7 Å². The lowest BCUT2D eigenvalue weighted by molar-refractivity contribution is 0.627. The zero-order chi connectivity index (χ0) is 13.9. The molecule has 0 radical (unpaired) electrons. The second-order valence-corrected chi connectivity index (χ2v) is 5.82. The summed E-state index contributed by atoms with van der Waals surface area (Å²) < 4.78 is 6.25. The molecule has 3 aromatic heterocycles. The number of hydrogen-bond acceptors (Lipinski definition) is 6. The molecule has 0 atom stereocenters. The van der Waals surface area contributed by atoms with Gasteiger partial charge < -0.3 is 5.32 Å². The number of nitrogens with one attached hydrogen (secondary N) is 1. The quantitative estimate of drug-likeness (QED) is 0.780. The third kappa shape index (κ3) is 2.93. The van der Waals surface area contributed by atoms with E-state index in [2.05, 4.69) is 38.5 Å². The molecule has 0 aliphatic carbocycles. The maximum atomic E-state index is 4.47. The molecule has 0 aromatic carbocycles. The second kappa shape index (κ2) is 5.54. The summed E-state index contributed by atoms with van der Waals surface area (Å²) in [6, 6.07) is 0. The van der Waals surface area contributed by atoms with E-state index in [9.17, 15) is 0 Å². The Morgan fingerprint density at radius 2 is 2.25 bits per heavy atom. The number of fused-ring (bicyclic) bond motifs is 1. The first-order valence-electron chi connectivity index (χ1n) is 6.55. The highest BCUT2D eigenvalue weighted by atomic mass is 32.1. The van der Waals surface area contributed by atoms with Crippen LogP contribution in [0.15, 0.2) is 24.8 Å². The number of aromatic nitrogens is 5. The first kappa shape index (κ1) is 13.0. The van der Waals surface area contributed by atoms with E-state index < -0.39 is 0 Å². The minimum absolute atomic E-state index is 0.574. The summed E-state index contributed by atoms with van der Waals surface area (Å²) in [5.41, 5.74) is 1.08. The molecule has 3 heterocycles. The Hall–Kier alpha value is -2.02. The van der Waals surface area contributed by atoms with Crippen LogP contribution in [0.1, 0.15) is 25.2 Å². The molecule has 3 aromatic rings. The van der Waals surface area contributed by atoms with Crippen LogP contribution in [-0.2, 0) is 13.0 Å². The predicted octanol–water partition coefficient (Wildman–Crippen LogP) is 2.39. The molecule has 0 amide bonds. The first-order valence-corrected chi connectivity index (χ1v) is 7.32. The highest BCUT2D eigenvalue weighted by molar-refractivity contribution is 7.09. The molecule has 0 unspecified atom stereocenters. The average molecular weight is 288 g/mol. The SMILES string of the molecule is CC(C)Cc1nsc(NCc2cnc3nccn3c2)n1. The van der Waals surface area contributed by atoms with Gasteiger partial charge in [-0.3, -0.25) is 4.40 Å². The molecular formula is C13H16N6S. The molecule has 0 bridgehead atoms. The molecule has 0 saturated carbocycles. The van der Waals surface area contributed by atoms with Gasteiger partial charge in [-0.15, -0.1) is 0 Å². The Labute approximate surface area is 121 Å². The third-order valence-electron chi connectivity index (χ3n) is 2.80. The summed E-state index contributed by atoms with van der Waals surface area (Å²) >= 11 is 1.40. The van der Waals surface area contributed by atoms with Gasteiger partial charge in [0.05, 0.1) is 0 Å². The van der Waals surface area contributed by atoms with Gasteiger partial charge in [-0.05, 0) is 5.92 Å². The Morgan fingerprint density at radius 3 is 3.10 bits per heavy atom. The van der Waals surface area contributed by atoms with Crippen molar-refractivity contribution in [3.8, 4) is 0 Å². The van der Waals surface area contributed by atoms with E-state index in [-0.39, 0.29) is 0 Å². The third-order valence-corrected chi connectivity index (χ3v) is 3.51. The fourth-order valence-corrected chi connectivity index (χ4v) is 2.49. The molecule has 0 spiro atoms. The second-order valence-electron chi connectivity index (χ2n) is 5.06. The van der Waals surface area contributed by atoms with Crippen LogP contribution in [-0.4, -0.2) is 23.7 Å². The molecule has 6 nitrogen and oxygen atoms in total. The normalized spacial score (nSPS) is 11.3. The van der Waals surface area contributed by atoms with Gasteiger partial charge in [-0.2, -0.15) is 4.37 Å². The van der Waals surface area contributed by atoms with Crippen molar-refractivity contribution in [3.63, 3.8) is 0 Å². The van der Waals surface area contributed by atoms with Crippen molar-refractivity contribution in [1.29, 1.82) is 0 Å². The maximum Gasteiger partial charge on any atom is 0.233 e. The van der Waals surface area contributed by atoms with Crippen molar-refractivity contribution < 1.29 is 0 Å². The first-order chi connectivity index (χ1) is 9.70. The van der Waals surface area contributed by atoms with E-state index >= 15 is 0 Å². The van der Waals surface area contributed by atoms with Crippen molar-refractivity contribution in [2.75, 3.05) is 5.32 Å². The number of nitrogens with zero attached hydrogens (tertiary/aromatic N) is 5. The highest BCUT2D eigenvalue weighted by Crippen LogP contribution is 2.14. The van der Waals surface area contributed by atoms with Crippen molar-refractivity contribution in [3.05, 3.63) is 36.2 Å². The minimum Gasteiger partial charge on any atom is -0.356 e. The van der Waals surface area contributed by atoms with E-state index in [0.29, 0.717) is 18.2 Å². The maximum absolute atomic E-state index is 4.47. The van der Waals surface area contributed by atoms with Gasteiger partial charge in [-0.1, -0.05) is 13.8 Å². The topological polar surface area (TPSA) is 68.0 Å². The number of hydrogen-bond donors (Lipinski definition) is 1. The van der Waals surface area contributed by atoms with Crippen molar-refractivity contribution in [2.24, 2.45) is 5.92 Å². The average Bonchev–Trinajstić information content (AvgIpc) is 3.03. The van der Waals surface area contributed by atoms with E-state index in [1.54, 1.807) is 6.20 Å². The molecule has 0 aliphatic rings. The lowest BCUT2D eigenvalue weighted by Crippen LogP contribution is -2.02. The summed E-state index contributed by atoms with van der Waals surface area (Å²) in [4.78, 5) is 12.9. The van der Waals surface area contributed by atoms with E-state index in [1.807, 2.05) is 23.0 Å². The van der Waals surface area contributed by atoms with Gasteiger partial charge in [0.25, 0.3) is 0 Å². The summed E-state index contributed by atoms with van der Waals surface area (Å²) in [5.74, 6) is 2.20. The van der Waals surface area contributed by atoms with Crippen molar-refractivity contribution in [2.45, 2.75) is 26.8 Å². The smallest absolute Gasteiger partial charge is 0.233 e. The lowest BCUT2D eigenvalue weighted by atomic mass is 10.1. The van der Waals surface area contributed by atoms with Crippen LogP contribution in [0.5, 0.6) is 0 Å². The molecule has 1 N–H and O–H groups in total. The van der Waals surface area contributed by atoms with Crippen LogP contribution in [0.4, 0.5) is 5.13 Å². The van der Waals surface area contributed by atoms with Crippen molar-refractivity contribution >= 4 is 22.4 Å². The molecule has 7 heteroatoms. The molecule has 3 rings (SSSR count). The zero-order valence-corrected chi connectivity index (χ0v) is 12.3. The van der Waals surface area contributed by atoms with Crippen LogP contribution in [0.2, 0.25) is 0 Å². The molecule has 0 fully saturated rings. The van der Waals surface area contributed by atoms with Crippen LogP contribution >= 0.6 is 11.5 Å². The Kier molecular flexibility index (Phi) is 3.60. The monoisotopic (exact) mass is 288 g/mol. The molecule has 0 aliphatic heterocycles. The largest absolute Gasteiger partial charge is 0.356 e. The Bertz CT molecular complexity index is 702. The molecular weight excluding hydrogens is 272 g/mol. The van der Waals surface area contributed by atoms with Gasteiger partial charge in [0, 0.05) is 54.8 Å². The number of rotatable bonds is 5. The van der Waals surface area contributed by atoms with Gasteiger partial charge in [0.15, 0.2) is 0 Å². The fraction of sp³-hybridized carbons (Fsp3) is 0.385. The standard InChI is InChI=1S/C13H16N6S/c1-9(2)5-11-17-13(20-18-11)16-7-10-6-15-12-14-3-4-19(12)8-10/h3-4,6,8-9H,5,7H2,1-2H3,(H,16,17,18). The summed E-state index contributed by atoms with van der Waals surface area (Å²) in [5, 5.41) is 4.14. The van der Waals surface area contributed by atoms with Crippen LogP contribution in [0.25, 0.3) is 5.78 Å². The summed E-state index contributed by atoms with van der Waals surface area (Å²) in [6.07, 6.45) is 8.38. The minimum atomic E-state index is 0.574. The number of anilines is 1. The van der Waals surface area contributed by atoms with Gasteiger partial charge in [0.1, 0.15) is 5.82 Å². The number of imidazole rings is 1. The molecule has 0 saturated heterocycles. The lowest BCUT2D eigenvalue weighted by Gasteiger charge is -2.02. The molecule has 104 valence electrons. The van der Waals surface area contributed by atoms with E-state index in [0.717, 1.165) is 22.9 Å². The molecule has 20 heavy (non-hydrogen) atoms. The van der Waals surface area contributed by atoms with Gasteiger partial charge in [-0.25, -0.2) is 15.0 Å². The summed E-state index contributed by atoms with van der Waals surface area (Å²) in [7, 11) is 0. The van der Waals surface area contributed by atoms with Crippen LogP contribution < -0.4 is 5.32 Å². The van der Waals surface area contributed by atoms with Gasteiger partial charge >= 0.3 is 0 Å². The Morgan fingerprint density at radius 1 is 1.35 bits per heavy atom.